The number of halogens is 1. The Kier molecular flexibility index (Phi) is 4.00. The van der Waals surface area contributed by atoms with Crippen LogP contribution in [0.1, 0.15) is 11.1 Å². The van der Waals surface area contributed by atoms with Crippen LogP contribution >= 0.6 is 11.6 Å². The smallest absolute Gasteiger partial charge is 0.141 e. The van der Waals surface area contributed by atoms with E-state index in [-0.39, 0.29) is 11.5 Å². The number of phenols is 1. The minimum atomic E-state index is 0.0999. The minimum Gasteiger partial charge on any atom is -0.508 e. The Hall–Kier alpha value is -1.80. The number of benzene rings is 2. The Labute approximate surface area is 111 Å². The molecule has 0 radical (unpaired) electrons. The van der Waals surface area contributed by atoms with Crippen molar-refractivity contribution in [2.24, 2.45) is 0 Å². The van der Waals surface area contributed by atoms with Gasteiger partial charge in [-0.3, -0.25) is 4.79 Å². The van der Waals surface area contributed by atoms with E-state index in [4.69, 9.17) is 11.6 Å². The van der Waals surface area contributed by atoms with Crippen molar-refractivity contribution in [3.05, 3.63) is 64.7 Å². The average Bonchev–Trinajstić information content (AvgIpc) is 2.28. The molecule has 2 rings (SSSR count). The summed E-state index contributed by atoms with van der Waals surface area (Å²) in [6.07, 6.45) is 0.678. The van der Waals surface area contributed by atoms with Gasteiger partial charge in [0.25, 0.3) is 0 Å². The number of carbonyl (C=O) groups excluding carboxylic acids is 1. The van der Waals surface area contributed by atoms with Crippen LogP contribution in [0.25, 0.3) is 0 Å². The molecule has 1 N–H and O–H groups in total. The van der Waals surface area contributed by atoms with Gasteiger partial charge in [0.05, 0.1) is 0 Å². The molecule has 0 aliphatic rings. The fraction of sp³-hybridized carbons (Fsp3) is 0.133. The predicted octanol–water partition coefficient (Wildman–Crippen LogP) is 3.40. The van der Waals surface area contributed by atoms with Crippen molar-refractivity contribution >= 4 is 17.4 Å². The fourth-order valence-electron chi connectivity index (χ4n) is 1.83. The van der Waals surface area contributed by atoms with Gasteiger partial charge in [-0.1, -0.05) is 35.9 Å². The van der Waals surface area contributed by atoms with Crippen molar-refractivity contribution in [1.29, 1.82) is 0 Å². The molecule has 0 unspecified atom stereocenters. The van der Waals surface area contributed by atoms with Gasteiger partial charge in [-0.2, -0.15) is 0 Å². The van der Waals surface area contributed by atoms with Crippen LogP contribution in [0, 0.1) is 0 Å². The molecule has 3 heteroatoms. The van der Waals surface area contributed by atoms with Crippen LogP contribution in [-0.4, -0.2) is 10.9 Å². The molecule has 0 amide bonds. The third-order valence-corrected chi connectivity index (χ3v) is 2.84. The van der Waals surface area contributed by atoms with E-state index >= 15 is 0 Å². The van der Waals surface area contributed by atoms with Gasteiger partial charge in [-0.15, -0.1) is 0 Å². The van der Waals surface area contributed by atoms with E-state index in [1.54, 1.807) is 30.3 Å². The molecule has 0 bridgehead atoms. The zero-order valence-corrected chi connectivity index (χ0v) is 10.5. The SMILES string of the molecule is O=C(Cc1cccc(O)c1)Cc1cccc(Cl)c1. The first-order valence-corrected chi connectivity index (χ1v) is 6.05. The first kappa shape index (κ1) is 12.7. The maximum Gasteiger partial charge on any atom is 0.141 e. The summed E-state index contributed by atoms with van der Waals surface area (Å²) in [6, 6.07) is 14.0. The number of Topliss-reactive ketones (excluding diaryl/α,β-unsaturated/α-hetero) is 1. The first-order chi connectivity index (χ1) is 8.63. The number of hydrogen-bond acceptors (Lipinski definition) is 2. The van der Waals surface area contributed by atoms with Gasteiger partial charge in [-0.25, -0.2) is 0 Å². The summed E-state index contributed by atoms with van der Waals surface area (Å²) in [4.78, 5) is 11.9. The van der Waals surface area contributed by atoms with Crippen LogP contribution < -0.4 is 0 Å². The number of ketones is 1. The lowest BCUT2D eigenvalue weighted by atomic mass is 10.0. The molecule has 0 aliphatic heterocycles. The molecular weight excluding hydrogens is 248 g/mol. The monoisotopic (exact) mass is 260 g/mol. The molecule has 2 aromatic rings. The highest BCUT2D eigenvalue weighted by molar-refractivity contribution is 6.30. The normalized spacial score (nSPS) is 10.3. The van der Waals surface area contributed by atoms with Gasteiger partial charge in [0, 0.05) is 17.9 Å². The van der Waals surface area contributed by atoms with Gasteiger partial charge >= 0.3 is 0 Å². The van der Waals surface area contributed by atoms with Crippen molar-refractivity contribution in [2.45, 2.75) is 12.8 Å². The minimum absolute atomic E-state index is 0.0999. The lowest BCUT2D eigenvalue weighted by Crippen LogP contribution is -2.06. The van der Waals surface area contributed by atoms with Crippen LogP contribution in [0.5, 0.6) is 5.75 Å². The molecule has 0 aromatic heterocycles. The largest absolute Gasteiger partial charge is 0.508 e. The molecular formula is C15H13ClO2. The van der Waals surface area contributed by atoms with Gasteiger partial charge in [-0.05, 0) is 35.4 Å². The molecule has 2 nitrogen and oxygen atoms in total. The molecule has 0 aliphatic carbocycles. The van der Waals surface area contributed by atoms with E-state index in [1.807, 2.05) is 18.2 Å². The lowest BCUT2D eigenvalue weighted by molar-refractivity contribution is -0.117. The van der Waals surface area contributed by atoms with E-state index in [2.05, 4.69) is 0 Å². The van der Waals surface area contributed by atoms with Crippen molar-refractivity contribution in [2.75, 3.05) is 0 Å². The highest BCUT2D eigenvalue weighted by atomic mass is 35.5. The summed E-state index contributed by atoms with van der Waals surface area (Å²) in [6.45, 7) is 0. The number of aromatic hydroxyl groups is 1. The van der Waals surface area contributed by atoms with Gasteiger partial charge < -0.3 is 5.11 Å². The predicted molar refractivity (Wildman–Crippen MR) is 72.0 cm³/mol. The Balaban J connectivity index is 2.01. The van der Waals surface area contributed by atoms with E-state index in [0.29, 0.717) is 17.9 Å². The maximum absolute atomic E-state index is 11.9. The first-order valence-electron chi connectivity index (χ1n) is 5.67. The van der Waals surface area contributed by atoms with Crippen LogP contribution in [-0.2, 0) is 17.6 Å². The third-order valence-electron chi connectivity index (χ3n) is 2.60. The molecule has 18 heavy (non-hydrogen) atoms. The van der Waals surface area contributed by atoms with E-state index in [0.717, 1.165) is 11.1 Å². The topological polar surface area (TPSA) is 37.3 Å². The molecule has 92 valence electrons. The standard InChI is InChI=1S/C15H13ClO2/c16-13-5-1-3-11(7-13)9-15(18)10-12-4-2-6-14(17)8-12/h1-8,17H,9-10H2. The number of carbonyl (C=O) groups is 1. The zero-order chi connectivity index (χ0) is 13.0. The Bertz CT molecular complexity index is 514. The second-order valence-corrected chi connectivity index (χ2v) is 4.63. The number of rotatable bonds is 4. The second kappa shape index (κ2) is 5.69. The van der Waals surface area contributed by atoms with Gasteiger partial charge in [0.1, 0.15) is 11.5 Å². The van der Waals surface area contributed by atoms with Crippen molar-refractivity contribution in [1.82, 2.24) is 0 Å². The summed E-state index contributed by atoms with van der Waals surface area (Å²) in [5, 5.41) is 9.96. The molecule has 0 saturated heterocycles. The van der Waals surface area contributed by atoms with Crippen molar-refractivity contribution in [3.8, 4) is 5.75 Å². The Morgan fingerprint density at radius 2 is 1.61 bits per heavy atom. The molecule has 2 aromatic carbocycles. The van der Waals surface area contributed by atoms with E-state index in [1.165, 1.54) is 0 Å². The summed E-state index contributed by atoms with van der Waals surface area (Å²) in [5.74, 6) is 0.283. The maximum atomic E-state index is 11.9. The number of phenolic OH excluding ortho intramolecular Hbond substituents is 1. The molecule has 0 saturated carbocycles. The van der Waals surface area contributed by atoms with Gasteiger partial charge in [0.15, 0.2) is 0 Å². The van der Waals surface area contributed by atoms with E-state index in [9.17, 15) is 9.90 Å². The number of hydrogen-bond donors (Lipinski definition) is 1. The zero-order valence-electron chi connectivity index (χ0n) is 9.77. The van der Waals surface area contributed by atoms with Crippen molar-refractivity contribution < 1.29 is 9.90 Å². The highest BCUT2D eigenvalue weighted by Crippen LogP contribution is 2.14. The fourth-order valence-corrected chi connectivity index (χ4v) is 2.04. The second-order valence-electron chi connectivity index (χ2n) is 4.19. The quantitative estimate of drug-likeness (QED) is 0.915. The van der Waals surface area contributed by atoms with Crippen molar-refractivity contribution in [3.63, 3.8) is 0 Å². The molecule has 0 fully saturated rings. The third kappa shape index (κ3) is 3.60. The van der Waals surface area contributed by atoms with Crippen LogP contribution in [0.2, 0.25) is 5.02 Å². The van der Waals surface area contributed by atoms with Crippen LogP contribution in [0.4, 0.5) is 0 Å². The van der Waals surface area contributed by atoms with Gasteiger partial charge in [0.2, 0.25) is 0 Å². The molecule has 0 atom stereocenters. The van der Waals surface area contributed by atoms with E-state index < -0.39 is 0 Å². The highest BCUT2D eigenvalue weighted by Gasteiger charge is 2.06. The summed E-state index contributed by atoms with van der Waals surface area (Å²) in [7, 11) is 0. The summed E-state index contributed by atoms with van der Waals surface area (Å²) >= 11 is 5.86. The summed E-state index contributed by atoms with van der Waals surface area (Å²) in [5.41, 5.74) is 1.73. The molecule has 0 heterocycles. The Morgan fingerprint density at radius 1 is 1.00 bits per heavy atom. The summed E-state index contributed by atoms with van der Waals surface area (Å²) < 4.78 is 0. The lowest BCUT2D eigenvalue weighted by Gasteiger charge is -2.03. The molecule has 0 spiro atoms. The Morgan fingerprint density at radius 3 is 2.22 bits per heavy atom. The average molecular weight is 261 g/mol. The van der Waals surface area contributed by atoms with Crippen LogP contribution in [0.3, 0.4) is 0 Å². The van der Waals surface area contributed by atoms with Crippen LogP contribution in [0.15, 0.2) is 48.5 Å².